The van der Waals surface area contributed by atoms with Crippen molar-refractivity contribution in [2.24, 2.45) is 5.73 Å². The summed E-state index contributed by atoms with van der Waals surface area (Å²) in [5, 5.41) is 3.20. The second kappa shape index (κ2) is 7.96. The van der Waals surface area contributed by atoms with E-state index in [-0.39, 0.29) is 18.3 Å². The number of anilines is 1. The van der Waals surface area contributed by atoms with Gasteiger partial charge in [-0.1, -0.05) is 0 Å². The normalized spacial score (nSPS) is 10.4. The Bertz CT molecular complexity index is 969. The van der Waals surface area contributed by atoms with Gasteiger partial charge in [0, 0.05) is 16.0 Å². The van der Waals surface area contributed by atoms with Gasteiger partial charge in [0.25, 0.3) is 11.8 Å². The van der Waals surface area contributed by atoms with Crippen LogP contribution < -0.4 is 15.8 Å². The van der Waals surface area contributed by atoms with Gasteiger partial charge < -0.3 is 10.5 Å². The van der Waals surface area contributed by atoms with Gasteiger partial charge in [0.05, 0.1) is 5.69 Å². The number of thiazole rings is 1. The number of ether oxygens (including phenoxy) is 1. The molecule has 0 fully saturated rings. The lowest BCUT2D eigenvalue weighted by molar-refractivity contribution is -0.119. The number of aromatic nitrogens is 1. The van der Waals surface area contributed by atoms with Crippen LogP contribution in [0.3, 0.4) is 0 Å². The lowest BCUT2D eigenvalue weighted by Crippen LogP contribution is -2.20. The monoisotopic (exact) mass is 385 g/mol. The molecule has 1 aromatic heterocycles. The predicted molar refractivity (Wildman–Crippen MR) is 101 cm³/mol. The molecule has 2 aromatic carbocycles. The van der Waals surface area contributed by atoms with Gasteiger partial charge >= 0.3 is 0 Å². The van der Waals surface area contributed by atoms with Crippen molar-refractivity contribution in [1.82, 2.24) is 4.98 Å². The highest BCUT2D eigenvalue weighted by Crippen LogP contribution is 2.30. The first kappa shape index (κ1) is 18.5. The van der Waals surface area contributed by atoms with Gasteiger partial charge in [0.15, 0.2) is 11.7 Å². The molecule has 0 saturated carbocycles. The largest absolute Gasteiger partial charge is 0.484 e. The van der Waals surface area contributed by atoms with Gasteiger partial charge in [-0.15, -0.1) is 11.3 Å². The van der Waals surface area contributed by atoms with Gasteiger partial charge in [0.2, 0.25) is 0 Å². The van der Waals surface area contributed by atoms with Gasteiger partial charge in [0.1, 0.15) is 11.6 Å². The second-order valence-corrected chi connectivity index (χ2v) is 6.87. The number of primary amides is 1. The van der Waals surface area contributed by atoms with Crippen molar-refractivity contribution in [3.63, 3.8) is 0 Å². The Morgan fingerprint density at radius 2 is 1.81 bits per heavy atom. The van der Waals surface area contributed by atoms with Crippen LogP contribution in [0, 0.1) is 12.7 Å². The number of halogens is 1. The van der Waals surface area contributed by atoms with Crippen molar-refractivity contribution in [3.05, 3.63) is 64.8 Å². The van der Waals surface area contributed by atoms with Crippen LogP contribution >= 0.6 is 11.3 Å². The summed E-state index contributed by atoms with van der Waals surface area (Å²) in [4.78, 5) is 28.4. The number of carbonyl (C=O) groups excluding carboxylic acids is 2. The minimum atomic E-state index is -0.576. The molecule has 3 aromatic rings. The summed E-state index contributed by atoms with van der Waals surface area (Å²) in [5.74, 6) is -0.777. The van der Waals surface area contributed by atoms with E-state index in [1.165, 1.54) is 23.5 Å². The maximum Gasteiger partial charge on any atom is 0.257 e. The molecule has 0 aliphatic rings. The van der Waals surface area contributed by atoms with Crippen LogP contribution in [0.15, 0.2) is 48.5 Å². The third-order valence-electron chi connectivity index (χ3n) is 3.63. The van der Waals surface area contributed by atoms with E-state index in [9.17, 15) is 14.0 Å². The molecule has 138 valence electrons. The third-order valence-corrected chi connectivity index (χ3v) is 4.52. The second-order valence-electron chi connectivity index (χ2n) is 5.66. The van der Waals surface area contributed by atoms with Crippen molar-refractivity contribution in [2.75, 3.05) is 11.9 Å². The molecule has 0 atom stereocenters. The first-order valence-electron chi connectivity index (χ1n) is 7.98. The summed E-state index contributed by atoms with van der Waals surface area (Å²) in [7, 11) is 0. The molecule has 0 aliphatic carbocycles. The summed E-state index contributed by atoms with van der Waals surface area (Å²) in [6.07, 6.45) is 0. The van der Waals surface area contributed by atoms with E-state index < -0.39 is 5.91 Å². The average Bonchev–Trinajstić information content (AvgIpc) is 3.01. The van der Waals surface area contributed by atoms with E-state index in [2.05, 4.69) is 10.3 Å². The highest BCUT2D eigenvalue weighted by molar-refractivity contribution is 7.16. The number of nitrogens with two attached hydrogens (primary N) is 1. The van der Waals surface area contributed by atoms with E-state index in [0.717, 1.165) is 10.4 Å². The first-order chi connectivity index (χ1) is 12.9. The molecule has 27 heavy (non-hydrogen) atoms. The van der Waals surface area contributed by atoms with Crippen LogP contribution in [0.5, 0.6) is 5.75 Å². The standard InChI is InChI=1S/C19H16FN3O3S/c1-11-17(12-2-6-14(20)7-3-12)22-19(27-11)23-18(25)13-4-8-15(9-5-13)26-10-16(21)24/h2-9H,10H2,1H3,(H2,21,24)(H,22,23,25). The van der Waals surface area contributed by atoms with Crippen molar-refractivity contribution < 1.29 is 18.7 Å². The highest BCUT2D eigenvalue weighted by Gasteiger charge is 2.13. The number of hydrogen-bond acceptors (Lipinski definition) is 5. The Morgan fingerprint density at radius 1 is 1.15 bits per heavy atom. The molecule has 6 nitrogen and oxygen atoms in total. The lowest BCUT2D eigenvalue weighted by atomic mass is 10.1. The van der Waals surface area contributed by atoms with Gasteiger partial charge in [-0.3, -0.25) is 14.9 Å². The van der Waals surface area contributed by atoms with Crippen molar-refractivity contribution in [1.29, 1.82) is 0 Å². The summed E-state index contributed by atoms with van der Waals surface area (Å²) in [6, 6.07) is 12.3. The molecule has 0 radical (unpaired) electrons. The molecular weight excluding hydrogens is 369 g/mol. The molecule has 2 amide bonds. The zero-order valence-corrected chi connectivity index (χ0v) is 15.2. The minimum Gasteiger partial charge on any atom is -0.484 e. The smallest absolute Gasteiger partial charge is 0.257 e. The van der Waals surface area contributed by atoms with Crippen LogP contribution in [-0.2, 0) is 4.79 Å². The number of nitrogens with zero attached hydrogens (tertiary/aromatic N) is 1. The quantitative estimate of drug-likeness (QED) is 0.680. The van der Waals surface area contributed by atoms with E-state index in [4.69, 9.17) is 10.5 Å². The maximum atomic E-state index is 13.1. The van der Waals surface area contributed by atoms with E-state index in [1.807, 2.05) is 6.92 Å². The number of amides is 2. The number of hydrogen-bond donors (Lipinski definition) is 2. The maximum absolute atomic E-state index is 13.1. The lowest BCUT2D eigenvalue weighted by Gasteiger charge is -2.05. The topological polar surface area (TPSA) is 94.3 Å². The van der Waals surface area contributed by atoms with Crippen LogP contribution in [0.1, 0.15) is 15.2 Å². The first-order valence-corrected chi connectivity index (χ1v) is 8.80. The number of carbonyl (C=O) groups is 2. The summed E-state index contributed by atoms with van der Waals surface area (Å²) in [6.45, 7) is 1.66. The van der Waals surface area contributed by atoms with Gasteiger partial charge in [-0.05, 0) is 55.5 Å². The molecule has 1 heterocycles. The highest BCUT2D eigenvalue weighted by atomic mass is 32.1. The van der Waals surface area contributed by atoms with Gasteiger partial charge in [-0.25, -0.2) is 9.37 Å². The van der Waals surface area contributed by atoms with E-state index in [1.54, 1.807) is 36.4 Å². The van der Waals surface area contributed by atoms with Crippen molar-refractivity contribution in [2.45, 2.75) is 6.92 Å². The zero-order valence-electron chi connectivity index (χ0n) is 14.4. The molecular formula is C19H16FN3O3S. The fourth-order valence-electron chi connectivity index (χ4n) is 2.35. The summed E-state index contributed by atoms with van der Waals surface area (Å²) < 4.78 is 18.2. The Kier molecular flexibility index (Phi) is 5.46. The minimum absolute atomic E-state index is 0.226. The van der Waals surface area contributed by atoms with E-state index in [0.29, 0.717) is 22.1 Å². The zero-order chi connectivity index (χ0) is 19.4. The van der Waals surface area contributed by atoms with Crippen LogP contribution in [0.4, 0.5) is 9.52 Å². The van der Waals surface area contributed by atoms with Crippen molar-refractivity contribution in [3.8, 4) is 17.0 Å². The molecule has 0 saturated heterocycles. The number of aryl methyl sites for hydroxylation is 1. The Labute approximate surface area is 158 Å². The predicted octanol–water partition coefficient (Wildman–Crippen LogP) is 3.37. The van der Waals surface area contributed by atoms with Gasteiger partial charge in [-0.2, -0.15) is 0 Å². The molecule has 0 bridgehead atoms. The average molecular weight is 385 g/mol. The SMILES string of the molecule is Cc1sc(NC(=O)c2ccc(OCC(N)=O)cc2)nc1-c1ccc(F)cc1. The molecule has 3 N–H and O–H groups in total. The molecule has 8 heteroatoms. The van der Waals surface area contributed by atoms with Crippen LogP contribution in [0.2, 0.25) is 0 Å². The summed E-state index contributed by atoms with van der Waals surface area (Å²) >= 11 is 1.34. The van der Waals surface area contributed by atoms with Crippen LogP contribution in [-0.4, -0.2) is 23.4 Å². The Morgan fingerprint density at radius 3 is 2.44 bits per heavy atom. The van der Waals surface area contributed by atoms with Crippen LogP contribution in [0.25, 0.3) is 11.3 Å². The van der Waals surface area contributed by atoms with Crippen molar-refractivity contribution >= 4 is 28.3 Å². The molecule has 0 aliphatic heterocycles. The van der Waals surface area contributed by atoms with E-state index >= 15 is 0 Å². The fourth-order valence-corrected chi connectivity index (χ4v) is 3.18. The molecule has 3 rings (SSSR count). The summed E-state index contributed by atoms with van der Waals surface area (Å²) in [5.41, 5.74) is 6.91. The molecule has 0 spiro atoms. The number of benzene rings is 2. The third kappa shape index (κ3) is 4.68. The Hall–Kier alpha value is -3.26. The number of rotatable bonds is 6. The fraction of sp³-hybridized carbons (Fsp3) is 0.105. The Balaban J connectivity index is 1.70. The number of nitrogens with one attached hydrogen (secondary N) is 1. The molecule has 0 unspecified atom stereocenters.